The van der Waals surface area contributed by atoms with Crippen LogP contribution in [0.2, 0.25) is 0 Å². The quantitative estimate of drug-likeness (QED) is 0.512. The van der Waals surface area contributed by atoms with Crippen LogP contribution < -0.4 is 0 Å². The largest absolute Gasteiger partial charge is 0.313 e. The average Bonchev–Trinajstić information content (AvgIpc) is 1.83. The molecule has 1 aliphatic rings. The Bertz CT molecular complexity index is 141. The lowest BCUT2D eigenvalue weighted by molar-refractivity contribution is -0.313. The summed E-state index contributed by atoms with van der Waals surface area (Å²) in [6.45, 7) is 1.49. The highest BCUT2D eigenvalue weighted by Gasteiger charge is 2.70. The Labute approximate surface area is 56.2 Å². The molecule has 0 spiro atoms. The third kappa shape index (κ3) is 0.739. The van der Waals surface area contributed by atoms with E-state index in [4.69, 9.17) is 0 Å². The summed E-state index contributed by atoms with van der Waals surface area (Å²) in [5, 5.41) is 0. The van der Waals surface area contributed by atoms with Gasteiger partial charge in [0.1, 0.15) is 0 Å². The standard InChI is InChI=1S/C6H8F4/c1-2-4-3-5(7,8)6(4,9)10/h4H,2-3H2,1H3. The van der Waals surface area contributed by atoms with E-state index in [1.165, 1.54) is 6.92 Å². The molecule has 1 saturated carbocycles. The molecule has 0 heterocycles. The second kappa shape index (κ2) is 1.86. The topological polar surface area (TPSA) is 0 Å². The lowest BCUT2D eigenvalue weighted by atomic mass is 9.75. The first kappa shape index (κ1) is 7.82. The molecule has 0 radical (unpaired) electrons. The molecule has 0 amide bonds. The lowest BCUT2D eigenvalue weighted by Gasteiger charge is -2.43. The van der Waals surface area contributed by atoms with Gasteiger partial charge in [-0.15, -0.1) is 0 Å². The van der Waals surface area contributed by atoms with Crippen LogP contribution in [0, 0.1) is 5.92 Å². The smallest absolute Gasteiger partial charge is 0.200 e. The van der Waals surface area contributed by atoms with E-state index in [0.29, 0.717) is 0 Å². The Kier molecular flexibility index (Phi) is 1.45. The van der Waals surface area contributed by atoms with E-state index < -0.39 is 24.2 Å². The van der Waals surface area contributed by atoms with E-state index in [9.17, 15) is 17.6 Å². The van der Waals surface area contributed by atoms with Crippen LogP contribution in [0.1, 0.15) is 19.8 Å². The zero-order chi connectivity index (χ0) is 7.99. The van der Waals surface area contributed by atoms with Crippen molar-refractivity contribution in [3.63, 3.8) is 0 Å². The van der Waals surface area contributed by atoms with Gasteiger partial charge >= 0.3 is 11.8 Å². The summed E-state index contributed by atoms with van der Waals surface area (Å²) >= 11 is 0. The molecule has 0 bridgehead atoms. The highest BCUT2D eigenvalue weighted by Crippen LogP contribution is 2.56. The maximum Gasteiger partial charge on any atom is 0.313 e. The molecule has 1 aliphatic carbocycles. The van der Waals surface area contributed by atoms with Gasteiger partial charge in [-0.2, -0.15) is 17.6 Å². The third-order valence-electron chi connectivity index (χ3n) is 2.00. The maximum absolute atomic E-state index is 12.2. The molecular formula is C6H8F4. The van der Waals surface area contributed by atoms with E-state index in [2.05, 4.69) is 0 Å². The first-order chi connectivity index (χ1) is 4.42. The van der Waals surface area contributed by atoms with Crippen molar-refractivity contribution in [2.45, 2.75) is 31.6 Å². The highest BCUT2D eigenvalue weighted by molar-refractivity contribution is 5.02. The van der Waals surface area contributed by atoms with Crippen LogP contribution >= 0.6 is 0 Å². The minimum absolute atomic E-state index is 0.128. The van der Waals surface area contributed by atoms with Gasteiger partial charge in [0.05, 0.1) is 0 Å². The van der Waals surface area contributed by atoms with Crippen LogP contribution in [0.25, 0.3) is 0 Å². The van der Waals surface area contributed by atoms with Crippen molar-refractivity contribution in [2.75, 3.05) is 0 Å². The van der Waals surface area contributed by atoms with Crippen molar-refractivity contribution < 1.29 is 17.6 Å². The number of hydrogen-bond donors (Lipinski definition) is 0. The van der Waals surface area contributed by atoms with Gasteiger partial charge in [-0.1, -0.05) is 6.92 Å². The van der Waals surface area contributed by atoms with Crippen molar-refractivity contribution in [1.29, 1.82) is 0 Å². The first-order valence-electron chi connectivity index (χ1n) is 3.17. The zero-order valence-corrected chi connectivity index (χ0v) is 5.50. The number of alkyl halides is 4. The van der Waals surface area contributed by atoms with Crippen LogP contribution in [0.3, 0.4) is 0 Å². The molecule has 1 rings (SSSR count). The summed E-state index contributed by atoms with van der Waals surface area (Å²) in [7, 11) is 0. The Morgan fingerprint density at radius 1 is 1.30 bits per heavy atom. The van der Waals surface area contributed by atoms with Gasteiger partial charge in [-0.3, -0.25) is 0 Å². The fraction of sp³-hybridized carbons (Fsp3) is 1.00. The maximum atomic E-state index is 12.2. The second-order valence-electron chi connectivity index (χ2n) is 2.64. The summed E-state index contributed by atoms with van der Waals surface area (Å²) in [4.78, 5) is 0. The van der Waals surface area contributed by atoms with Gasteiger partial charge in [-0.25, -0.2) is 0 Å². The molecule has 0 aliphatic heterocycles. The average molecular weight is 156 g/mol. The van der Waals surface area contributed by atoms with Gasteiger partial charge in [0.25, 0.3) is 0 Å². The Hall–Kier alpha value is -0.280. The fourth-order valence-corrected chi connectivity index (χ4v) is 1.14. The van der Waals surface area contributed by atoms with Gasteiger partial charge in [-0.05, 0) is 6.42 Å². The Balaban J connectivity index is 2.65. The third-order valence-corrected chi connectivity index (χ3v) is 2.00. The lowest BCUT2D eigenvalue weighted by Crippen LogP contribution is -2.58. The van der Waals surface area contributed by atoms with Crippen molar-refractivity contribution >= 4 is 0 Å². The van der Waals surface area contributed by atoms with Crippen molar-refractivity contribution in [2.24, 2.45) is 5.92 Å². The molecule has 1 atom stereocenters. The van der Waals surface area contributed by atoms with Gasteiger partial charge < -0.3 is 0 Å². The zero-order valence-electron chi connectivity index (χ0n) is 5.50. The van der Waals surface area contributed by atoms with Gasteiger partial charge in [0, 0.05) is 12.3 Å². The SMILES string of the molecule is CCC1CC(F)(F)C1(F)F. The Morgan fingerprint density at radius 3 is 1.90 bits per heavy atom. The minimum atomic E-state index is -3.75. The fourth-order valence-electron chi connectivity index (χ4n) is 1.14. The summed E-state index contributed by atoms with van der Waals surface area (Å²) in [6.07, 6.45) is -0.529. The Morgan fingerprint density at radius 2 is 1.80 bits per heavy atom. The van der Waals surface area contributed by atoms with Crippen LogP contribution in [0.15, 0.2) is 0 Å². The van der Waals surface area contributed by atoms with Gasteiger partial charge in [0.2, 0.25) is 0 Å². The van der Waals surface area contributed by atoms with E-state index in [0.717, 1.165) is 0 Å². The van der Waals surface area contributed by atoms with Crippen LogP contribution in [0.5, 0.6) is 0 Å². The summed E-state index contributed by atoms with van der Waals surface area (Å²) < 4.78 is 48.5. The molecule has 0 nitrogen and oxygen atoms in total. The van der Waals surface area contributed by atoms with Crippen molar-refractivity contribution in [3.8, 4) is 0 Å². The van der Waals surface area contributed by atoms with Gasteiger partial charge in [0.15, 0.2) is 0 Å². The van der Waals surface area contributed by atoms with Crippen LogP contribution in [-0.4, -0.2) is 11.8 Å². The molecule has 1 fully saturated rings. The predicted molar refractivity (Wildman–Crippen MR) is 28.3 cm³/mol. The van der Waals surface area contributed by atoms with E-state index >= 15 is 0 Å². The van der Waals surface area contributed by atoms with E-state index in [1.807, 2.05) is 0 Å². The van der Waals surface area contributed by atoms with E-state index in [1.54, 1.807) is 0 Å². The second-order valence-corrected chi connectivity index (χ2v) is 2.64. The predicted octanol–water partition coefficient (Wildman–Crippen LogP) is 2.69. The van der Waals surface area contributed by atoms with Crippen LogP contribution in [-0.2, 0) is 0 Å². The van der Waals surface area contributed by atoms with Crippen molar-refractivity contribution in [3.05, 3.63) is 0 Å². The summed E-state index contributed by atoms with van der Waals surface area (Å²) in [5.74, 6) is -8.60. The molecule has 4 heteroatoms. The molecular weight excluding hydrogens is 148 g/mol. The molecule has 0 aromatic rings. The molecule has 0 aromatic heterocycles. The van der Waals surface area contributed by atoms with Crippen molar-refractivity contribution in [1.82, 2.24) is 0 Å². The molecule has 60 valence electrons. The molecule has 0 aromatic carbocycles. The molecule has 1 unspecified atom stereocenters. The molecule has 0 saturated heterocycles. The monoisotopic (exact) mass is 156 g/mol. The summed E-state index contributed by atoms with van der Waals surface area (Å²) in [5.41, 5.74) is 0. The van der Waals surface area contributed by atoms with E-state index in [-0.39, 0.29) is 6.42 Å². The number of halogens is 4. The minimum Gasteiger partial charge on any atom is -0.200 e. The molecule has 10 heavy (non-hydrogen) atoms. The van der Waals surface area contributed by atoms with Crippen LogP contribution in [0.4, 0.5) is 17.6 Å². The summed E-state index contributed by atoms with van der Waals surface area (Å²) in [6, 6.07) is 0. The first-order valence-corrected chi connectivity index (χ1v) is 3.17. The molecule has 0 N–H and O–H groups in total. The number of hydrogen-bond acceptors (Lipinski definition) is 0. The normalized spacial score (nSPS) is 35.1. The highest BCUT2D eigenvalue weighted by atomic mass is 19.3. The number of rotatable bonds is 1.